The number of aliphatic hydroxyl groups is 1. The summed E-state index contributed by atoms with van der Waals surface area (Å²) < 4.78 is 51.3. The van der Waals surface area contributed by atoms with Gasteiger partial charge in [-0.15, -0.1) is 0 Å². The quantitative estimate of drug-likeness (QED) is 0.590. The number of nitrogens with zero attached hydrogens (tertiary/aromatic N) is 2. The summed E-state index contributed by atoms with van der Waals surface area (Å²) in [6, 6.07) is 4.35. The number of rotatable bonds is 8. The molecule has 0 aliphatic carbocycles. The van der Waals surface area contributed by atoms with Crippen molar-refractivity contribution in [3.63, 3.8) is 0 Å². The molecule has 0 aliphatic heterocycles. The second-order valence-corrected chi connectivity index (χ2v) is 7.74. The van der Waals surface area contributed by atoms with Gasteiger partial charge in [0, 0.05) is 27.8 Å². The average Bonchev–Trinajstić information content (AvgIpc) is 3.04. The van der Waals surface area contributed by atoms with Gasteiger partial charge in [-0.05, 0) is 18.1 Å². The number of halogens is 6. The molecular formula is C15H15Cl2F4N3OS. The minimum Gasteiger partial charge on any atom is -0.384 e. The average molecular weight is 432 g/mol. The molecule has 0 saturated heterocycles. The van der Waals surface area contributed by atoms with E-state index in [0.717, 1.165) is 0 Å². The van der Waals surface area contributed by atoms with Crippen molar-refractivity contribution in [1.82, 2.24) is 15.2 Å². The van der Waals surface area contributed by atoms with Crippen molar-refractivity contribution in [2.75, 3.05) is 5.75 Å². The molecule has 2 rings (SSSR count). The van der Waals surface area contributed by atoms with Crippen LogP contribution in [0, 0.1) is 5.92 Å². The Hall–Kier alpha value is -1.03. The molecule has 0 aliphatic rings. The molecular weight excluding hydrogens is 417 g/mol. The van der Waals surface area contributed by atoms with E-state index in [9.17, 15) is 22.7 Å². The maximum Gasteiger partial charge on any atom is 0.353 e. The van der Waals surface area contributed by atoms with E-state index in [2.05, 4.69) is 15.2 Å². The number of thioether (sulfide) groups is 1. The smallest absolute Gasteiger partial charge is 0.353 e. The van der Waals surface area contributed by atoms with Gasteiger partial charge in [0.25, 0.3) is 0 Å². The van der Waals surface area contributed by atoms with Crippen molar-refractivity contribution in [3.8, 4) is 0 Å². The number of hydrogen-bond donors (Lipinski definition) is 2. The summed E-state index contributed by atoms with van der Waals surface area (Å²) in [6.45, 7) is 1.47. The first-order chi connectivity index (χ1) is 12.1. The summed E-state index contributed by atoms with van der Waals surface area (Å²) in [5.41, 5.74) is -1.53. The highest BCUT2D eigenvalue weighted by molar-refractivity contribution is 8.00. The van der Waals surface area contributed by atoms with Crippen molar-refractivity contribution >= 4 is 35.0 Å². The van der Waals surface area contributed by atoms with Gasteiger partial charge in [-0.25, -0.2) is 13.8 Å². The van der Waals surface area contributed by atoms with Gasteiger partial charge in [-0.3, -0.25) is 5.10 Å². The highest BCUT2D eigenvalue weighted by Gasteiger charge is 2.45. The minimum atomic E-state index is -4.22. The van der Waals surface area contributed by atoms with Crippen LogP contribution in [0.15, 0.2) is 24.5 Å². The van der Waals surface area contributed by atoms with Crippen LogP contribution in [0.1, 0.15) is 18.3 Å². The molecule has 2 aromatic rings. The maximum atomic E-state index is 13.3. The highest BCUT2D eigenvalue weighted by Crippen LogP contribution is 2.43. The summed E-state index contributed by atoms with van der Waals surface area (Å²) in [7, 11) is 0. The van der Waals surface area contributed by atoms with Crippen LogP contribution in [0.5, 0.6) is 0 Å². The number of nitrogens with one attached hydrogen (secondary N) is 1. The molecule has 144 valence electrons. The molecule has 11 heteroatoms. The largest absolute Gasteiger partial charge is 0.384 e. The van der Waals surface area contributed by atoms with E-state index in [-0.39, 0.29) is 34.6 Å². The Kier molecular flexibility index (Phi) is 6.81. The first kappa shape index (κ1) is 21.3. The van der Waals surface area contributed by atoms with Crippen LogP contribution < -0.4 is 0 Å². The molecule has 0 radical (unpaired) electrons. The van der Waals surface area contributed by atoms with Crippen LogP contribution in [0.25, 0.3) is 0 Å². The highest BCUT2D eigenvalue weighted by atomic mass is 35.5. The lowest BCUT2D eigenvalue weighted by molar-refractivity contribution is -0.0574. The van der Waals surface area contributed by atoms with Gasteiger partial charge in [0.15, 0.2) is 0 Å². The van der Waals surface area contributed by atoms with Crippen LogP contribution in [0.3, 0.4) is 0 Å². The Morgan fingerprint density at radius 2 is 2.00 bits per heavy atom. The summed E-state index contributed by atoms with van der Waals surface area (Å²) in [4.78, 5) is 3.92. The first-order valence-corrected chi connectivity index (χ1v) is 9.12. The lowest BCUT2D eigenvalue weighted by Crippen LogP contribution is -2.39. The number of hydrogen-bond acceptors (Lipinski definition) is 4. The van der Waals surface area contributed by atoms with Crippen LogP contribution in [0.4, 0.5) is 17.6 Å². The van der Waals surface area contributed by atoms with Gasteiger partial charge in [0.05, 0.1) is 0 Å². The monoisotopic (exact) mass is 431 g/mol. The van der Waals surface area contributed by atoms with E-state index in [4.69, 9.17) is 23.2 Å². The van der Waals surface area contributed by atoms with Crippen molar-refractivity contribution < 1.29 is 22.7 Å². The summed E-state index contributed by atoms with van der Waals surface area (Å²) in [5, 5.41) is 13.8. The SMILES string of the molecule is C[C@@H](CSC(F)(F)C(F)F)[C@](O)(Cc1ncn[nH]1)c1ccc(Cl)cc1Cl. The molecule has 2 N–H and O–H groups in total. The number of benzene rings is 1. The molecule has 0 saturated carbocycles. The van der Waals surface area contributed by atoms with E-state index in [1.807, 2.05) is 0 Å². The van der Waals surface area contributed by atoms with Crippen LogP contribution >= 0.6 is 35.0 Å². The third-order valence-electron chi connectivity index (χ3n) is 3.89. The minimum absolute atomic E-state index is 0.122. The van der Waals surface area contributed by atoms with Crippen molar-refractivity contribution in [1.29, 1.82) is 0 Å². The molecule has 0 amide bonds. The predicted octanol–water partition coefficient (Wildman–Crippen LogP) is 4.77. The fraction of sp³-hybridized carbons (Fsp3) is 0.467. The standard InChI is InChI=1S/C15H15Cl2F4N3OS/c1-8(6-26-15(20,21)13(18)19)14(25,5-12-22-7-23-24-12)10-3-2-9(16)4-11(10)17/h2-4,7-8,13,25H,5-6H2,1H3,(H,22,23,24)/t8-,14+/m0/s1. The zero-order chi connectivity index (χ0) is 19.5. The van der Waals surface area contributed by atoms with E-state index in [1.165, 1.54) is 31.5 Å². The normalized spacial score (nSPS) is 15.9. The molecule has 0 fully saturated rings. The van der Waals surface area contributed by atoms with E-state index < -0.39 is 29.0 Å². The third kappa shape index (κ3) is 4.82. The number of H-pyrrole nitrogens is 1. The molecule has 26 heavy (non-hydrogen) atoms. The Morgan fingerprint density at radius 1 is 1.31 bits per heavy atom. The van der Waals surface area contributed by atoms with Gasteiger partial charge in [-0.1, -0.05) is 48.0 Å². The number of aromatic nitrogens is 3. The molecule has 2 atom stereocenters. The van der Waals surface area contributed by atoms with Gasteiger partial charge < -0.3 is 5.11 Å². The molecule has 0 spiro atoms. The van der Waals surface area contributed by atoms with Crippen molar-refractivity contribution in [2.24, 2.45) is 5.92 Å². The van der Waals surface area contributed by atoms with Crippen LogP contribution in [-0.2, 0) is 12.0 Å². The second kappa shape index (κ2) is 8.33. The summed E-state index contributed by atoms with van der Waals surface area (Å²) in [6.07, 6.45) is -2.71. The third-order valence-corrected chi connectivity index (χ3v) is 5.67. The number of aromatic amines is 1. The summed E-state index contributed by atoms with van der Waals surface area (Å²) in [5.74, 6) is -1.03. The second-order valence-electron chi connectivity index (χ2n) is 5.73. The predicted molar refractivity (Wildman–Crippen MR) is 93.0 cm³/mol. The Balaban J connectivity index is 2.33. The maximum absolute atomic E-state index is 13.3. The van der Waals surface area contributed by atoms with Crippen LogP contribution in [-0.4, -0.2) is 37.7 Å². The van der Waals surface area contributed by atoms with Gasteiger partial charge in [0.2, 0.25) is 0 Å². The van der Waals surface area contributed by atoms with Crippen LogP contribution in [0.2, 0.25) is 10.0 Å². The lowest BCUT2D eigenvalue weighted by atomic mass is 9.80. The molecule has 1 aromatic heterocycles. The van der Waals surface area contributed by atoms with Crippen molar-refractivity contribution in [3.05, 3.63) is 46.0 Å². The Morgan fingerprint density at radius 3 is 2.54 bits per heavy atom. The van der Waals surface area contributed by atoms with E-state index in [0.29, 0.717) is 5.02 Å². The molecule has 0 unspecified atom stereocenters. The van der Waals surface area contributed by atoms with E-state index in [1.54, 1.807) is 0 Å². The molecule has 1 heterocycles. The molecule has 4 nitrogen and oxygen atoms in total. The first-order valence-electron chi connectivity index (χ1n) is 7.38. The number of alkyl halides is 4. The lowest BCUT2D eigenvalue weighted by Gasteiger charge is -2.35. The van der Waals surface area contributed by atoms with Crippen molar-refractivity contribution in [2.45, 2.75) is 30.6 Å². The Labute approximate surface area is 161 Å². The van der Waals surface area contributed by atoms with E-state index >= 15 is 0 Å². The van der Waals surface area contributed by atoms with Gasteiger partial charge in [0.1, 0.15) is 17.8 Å². The fourth-order valence-electron chi connectivity index (χ4n) is 2.38. The Bertz CT molecular complexity index is 736. The zero-order valence-electron chi connectivity index (χ0n) is 13.4. The molecule has 1 aromatic carbocycles. The summed E-state index contributed by atoms with van der Waals surface area (Å²) >= 11 is 11.8. The topological polar surface area (TPSA) is 61.8 Å². The van der Waals surface area contributed by atoms with Gasteiger partial charge in [-0.2, -0.15) is 13.9 Å². The molecule has 0 bridgehead atoms. The van der Waals surface area contributed by atoms with Gasteiger partial charge >= 0.3 is 11.7 Å². The fourth-order valence-corrected chi connectivity index (χ4v) is 3.83. The zero-order valence-corrected chi connectivity index (χ0v) is 15.7.